The number of hydrogen-bond donors (Lipinski definition) is 0. The van der Waals surface area contributed by atoms with Crippen LogP contribution in [-0.4, -0.2) is 0 Å². The van der Waals surface area contributed by atoms with E-state index in [4.69, 9.17) is 0 Å². The van der Waals surface area contributed by atoms with Crippen molar-refractivity contribution in [3.8, 4) is 0 Å². The summed E-state index contributed by atoms with van der Waals surface area (Å²) in [6.45, 7) is 19.1. The van der Waals surface area contributed by atoms with Crippen LogP contribution in [0.4, 0.5) is 0 Å². The molecule has 0 spiro atoms. The molecule has 0 fully saturated rings. The van der Waals surface area contributed by atoms with Crippen molar-refractivity contribution in [1.29, 1.82) is 0 Å². The van der Waals surface area contributed by atoms with Crippen molar-refractivity contribution < 1.29 is 0 Å². The lowest BCUT2D eigenvalue weighted by atomic mass is 9.89. The molecule has 1 aliphatic carbocycles. The molecule has 0 aromatic rings. The molecule has 0 saturated carbocycles. The van der Waals surface area contributed by atoms with Crippen LogP contribution in [0.25, 0.3) is 0 Å². The van der Waals surface area contributed by atoms with Crippen LogP contribution < -0.4 is 0 Å². The van der Waals surface area contributed by atoms with Gasteiger partial charge in [0.2, 0.25) is 0 Å². The second kappa shape index (κ2) is 7.45. The van der Waals surface area contributed by atoms with Crippen molar-refractivity contribution in [3.63, 3.8) is 0 Å². The van der Waals surface area contributed by atoms with Crippen molar-refractivity contribution in [1.82, 2.24) is 0 Å². The van der Waals surface area contributed by atoms with Gasteiger partial charge in [0.05, 0.1) is 0 Å². The lowest BCUT2D eigenvalue weighted by Gasteiger charge is -2.16. The Morgan fingerprint density at radius 1 is 1.29 bits per heavy atom. The van der Waals surface area contributed by atoms with Gasteiger partial charge in [0.15, 0.2) is 0 Å². The quantitative estimate of drug-likeness (QED) is 0.395. The van der Waals surface area contributed by atoms with Crippen LogP contribution in [0, 0.1) is 11.3 Å². The summed E-state index contributed by atoms with van der Waals surface area (Å²) in [4.78, 5) is 0. The minimum absolute atomic E-state index is 0.00314. The zero-order valence-electron chi connectivity index (χ0n) is 14.4. The van der Waals surface area contributed by atoms with Crippen LogP contribution in [0.2, 0.25) is 0 Å². The topological polar surface area (TPSA) is 0 Å². The van der Waals surface area contributed by atoms with Crippen LogP contribution in [0.15, 0.2) is 71.9 Å². The molecule has 0 heterocycles. The highest BCUT2D eigenvalue weighted by molar-refractivity contribution is 5.56. The van der Waals surface area contributed by atoms with E-state index in [1.165, 1.54) is 16.7 Å². The lowest BCUT2D eigenvalue weighted by Crippen LogP contribution is -2.02. The van der Waals surface area contributed by atoms with Crippen LogP contribution in [-0.2, 0) is 0 Å². The van der Waals surface area contributed by atoms with Gasteiger partial charge in [-0.15, -0.1) is 6.58 Å². The average molecular weight is 282 g/mol. The molecule has 0 nitrogen and oxygen atoms in total. The molecule has 0 amide bonds. The summed E-state index contributed by atoms with van der Waals surface area (Å²) < 4.78 is 0. The molecule has 0 heteroatoms. The number of hydrogen-bond acceptors (Lipinski definition) is 0. The Morgan fingerprint density at radius 3 is 2.52 bits per heavy atom. The van der Waals surface area contributed by atoms with Gasteiger partial charge in [-0.3, -0.25) is 0 Å². The molecule has 0 N–H and O–H groups in total. The van der Waals surface area contributed by atoms with E-state index in [9.17, 15) is 0 Å². The Hall–Kier alpha value is -1.56. The minimum Gasteiger partial charge on any atom is -0.102 e. The first-order valence-electron chi connectivity index (χ1n) is 7.83. The molecular formula is C21H30. The van der Waals surface area contributed by atoms with Crippen molar-refractivity contribution in [2.24, 2.45) is 11.3 Å². The summed E-state index contributed by atoms with van der Waals surface area (Å²) >= 11 is 0. The van der Waals surface area contributed by atoms with E-state index < -0.39 is 0 Å². The van der Waals surface area contributed by atoms with E-state index in [0.717, 1.165) is 24.3 Å². The molecule has 114 valence electrons. The van der Waals surface area contributed by atoms with Gasteiger partial charge in [-0.1, -0.05) is 69.4 Å². The molecule has 1 rings (SSSR count). The van der Waals surface area contributed by atoms with Crippen LogP contribution >= 0.6 is 0 Å². The van der Waals surface area contributed by atoms with E-state index in [-0.39, 0.29) is 5.41 Å². The van der Waals surface area contributed by atoms with Gasteiger partial charge in [0.25, 0.3) is 0 Å². The van der Waals surface area contributed by atoms with Gasteiger partial charge >= 0.3 is 0 Å². The van der Waals surface area contributed by atoms with E-state index in [0.29, 0.717) is 0 Å². The van der Waals surface area contributed by atoms with Crippen molar-refractivity contribution in [2.75, 3.05) is 0 Å². The highest BCUT2D eigenvalue weighted by atomic mass is 14.2. The summed E-state index contributed by atoms with van der Waals surface area (Å²) in [6.07, 6.45) is 15.5. The predicted molar refractivity (Wildman–Crippen MR) is 96.3 cm³/mol. The second-order valence-corrected chi connectivity index (χ2v) is 6.89. The molecule has 21 heavy (non-hydrogen) atoms. The largest absolute Gasteiger partial charge is 0.102 e. The molecule has 0 bridgehead atoms. The summed E-state index contributed by atoms with van der Waals surface area (Å²) in [5.74, 6) is 0.719. The Labute approximate surface area is 131 Å². The predicted octanol–water partition coefficient (Wildman–Crippen LogP) is 6.56. The Kier molecular flexibility index (Phi) is 6.20. The summed E-state index contributed by atoms with van der Waals surface area (Å²) in [6, 6.07) is 0. The van der Waals surface area contributed by atoms with E-state index >= 15 is 0 Å². The van der Waals surface area contributed by atoms with Crippen LogP contribution in [0.5, 0.6) is 0 Å². The van der Waals surface area contributed by atoms with E-state index in [1.807, 2.05) is 6.08 Å². The Bertz CT molecular complexity index is 514. The van der Waals surface area contributed by atoms with Crippen molar-refractivity contribution in [3.05, 3.63) is 71.9 Å². The maximum absolute atomic E-state index is 4.34. The van der Waals surface area contributed by atoms with Gasteiger partial charge in [0, 0.05) is 5.41 Å². The maximum Gasteiger partial charge on any atom is 0.000506 e. The fourth-order valence-electron chi connectivity index (χ4n) is 2.23. The SMILES string of the molecule is C=CC(C)(C)/C=C\C(C(=C)C1=CCC(C)CC=C1)=C(C)C. The van der Waals surface area contributed by atoms with E-state index in [1.54, 1.807) is 0 Å². The van der Waals surface area contributed by atoms with Crippen molar-refractivity contribution in [2.45, 2.75) is 47.5 Å². The third-order valence-corrected chi connectivity index (χ3v) is 3.99. The smallest absolute Gasteiger partial charge is 0.000506 e. The second-order valence-electron chi connectivity index (χ2n) is 6.89. The normalized spacial score (nSPS) is 19.1. The van der Waals surface area contributed by atoms with E-state index in [2.05, 4.69) is 78.2 Å². The van der Waals surface area contributed by atoms with Gasteiger partial charge in [-0.05, 0) is 49.3 Å². The van der Waals surface area contributed by atoms with Crippen LogP contribution in [0.3, 0.4) is 0 Å². The van der Waals surface area contributed by atoms with Crippen molar-refractivity contribution >= 4 is 0 Å². The lowest BCUT2D eigenvalue weighted by molar-refractivity contribution is 0.606. The molecule has 0 aromatic heterocycles. The first kappa shape index (κ1) is 17.5. The highest BCUT2D eigenvalue weighted by Crippen LogP contribution is 2.29. The fraction of sp³-hybridized carbons (Fsp3) is 0.429. The van der Waals surface area contributed by atoms with Gasteiger partial charge < -0.3 is 0 Å². The Balaban J connectivity index is 3.06. The zero-order valence-corrected chi connectivity index (χ0v) is 14.4. The highest BCUT2D eigenvalue weighted by Gasteiger charge is 2.12. The molecule has 0 aromatic carbocycles. The number of rotatable bonds is 5. The number of allylic oxidation sites excluding steroid dienone is 10. The minimum atomic E-state index is 0.00314. The molecule has 0 aliphatic heterocycles. The monoisotopic (exact) mass is 282 g/mol. The van der Waals surface area contributed by atoms with Gasteiger partial charge in [0.1, 0.15) is 0 Å². The molecule has 0 saturated heterocycles. The molecule has 1 unspecified atom stereocenters. The third-order valence-electron chi connectivity index (χ3n) is 3.99. The third kappa shape index (κ3) is 5.38. The maximum atomic E-state index is 4.34. The Morgan fingerprint density at radius 2 is 1.95 bits per heavy atom. The summed E-state index contributed by atoms with van der Waals surface area (Å²) in [5, 5.41) is 0. The molecule has 0 radical (unpaired) electrons. The fourth-order valence-corrected chi connectivity index (χ4v) is 2.23. The average Bonchev–Trinajstić information content (AvgIpc) is 2.63. The van der Waals surface area contributed by atoms with Gasteiger partial charge in [-0.25, -0.2) is 0 Å². The first-order chi connectivity index (χ1) is 9.76. The summed E-state index contributed by atoms with van der Waals surface area (Å²) in [5.41, 5.74) is 4.91. The molecular weight excluding hydrogens is 252 g/mol. The zero-order chi connectivity index (χ0) is 16.0. The standard InChI is InChI=1S/C21H30/c1-8-21(6,7)15-14-20(16(2)3)18(5)19-11-9-10-17(4)12-13-19/h8-9,11,13-15,17H,1,5,10,12H2,2-4,6-7H3/b15-14-. The molecule has 1 atom stereocenters. The van der Waals surface area contributed by atoms with Gasteiger partial charge in [-0.2, -0.15) is 0 Å². The first-order valence-corrected chi connectivity index (χ1v) is 7.83. The molecule has 1 aliphatic rings. The van der Waals surface area contributed by atoms with Crippen LogP contribution in [0.1, 0.15) is 47.5 Å². The summed E-state index contributed by atoms with van der Waals surface area (Å²) in [7, 11) is 0.